The number of aromatic nitrogens is 2. The van der Waals surface area contributed by atoms with E-state index in [9.17, 15) is 5.11 Å². The molecule has 2 rings (SSSR count). The van der Waals surface area contributed by atoms with E-state index in [2.05, 4.69) is 5.10 Å². The molecule has 0 saturated carbocycles. The lowest BCUT2D eigenvalue weighted by atomic mass is 10.1. The Labute approximate surface area is 92.9 Å². The minimum atomic E-state index is -0.554. The molecule has 0 bridgehead atoms. The summed E-state index contributed by atoms with van der Waals surface area (Å²) in [5.74, 6) is 0. The zero-order chi connectivity index (χ0) is 10.7. The molecule has 3 nitrogen and oxygen atoms in total. The summed E-state index contributed by atoms with van der Waals surface area (Å²) in [6.45, 7) is 0.413. The zero-order valence-electron chi connectivity index (χ0n) is 8.05. The fourth-order valence-corrected chi connectivity index (χ4v) is 1.55. The van der Waals surface area contributed by atoms with Crippen LogP contribution in [0.15, 0.2) is 42.7 Å². The zero-order valence-corrected chi connectivity index (χ0v) is 8.80. The van der Waals surface area contributed by atoms with Gasteiger partial charge < -0.3 is 5.11 Å². The van der Waals surface area contributed by atoms with Crippen molar-refractivity contribution in [3.8, 4) is 0 Å². The van der Waals surface area contributed by atoms with E-state index in [1.165, 1.54) is 0 Å². The monoisotopic (exact) mass is 222 g/mol. The van der Waals surface area contributed by atoms with Crippen LogP contribution in [-0.4, -0.2) is 14.9 Å². The Bertz CT molecular complexity index is 427. The molecule has 15 heavy (non-hydrogen) atoms. The molecular weight excluding hydrogens is 212 g/mol. The molecule has 1 aromatic heterocycles. The Morgan fingerprint density at radius 2 is 2.07 bits per heavy atom. The second-order valence-electron chi connectivity index (χ2n) is 3.31. The molecular formula is C11H11ClN2O. The minimum absolute atomic E-state index is 0.413. The third-order valence-corrected chi connectivity index (χ3v) is 2.34. The molecule has 1 N–H and O–H groups in total. The van der Waals surface area contributed by atoms with Gasteiger partial charge in [-0.3, -0.25) is 4.68 Å². The van der Waals surface area contributed by atoms with Gasteiger partial charge in [0, 0.05) is 6.20 Å². The summed E-state index contributed by atoms with van der Waals surface area (Å²) < 4.78 is 1.62. The molecule has 1 heterocycles. The summed E-state index contributed by atoms with van der Waals surface area (Å²) in [5.41, 5.74) is 0.879. The molecule has 0 fully saturated rings. The van der Waals surface area contributed by atoms with Crippen molar-refractivity contribution in [2.75, 3.05) is 0 Å². The number of benzene rings is 1. The summed E-state index contributed by atoms with van der Waals surface area (Å²) in [5, 5.41) is 14.5. The first-order valence-corrected chi connectivity index (χ1v) is 5.04. The maximum absolute atomic E-state index is 9.88. The first-order valence-electron chi connectivity index (χ1n) is 4.66. The Morgan fingerprint density at radius 1 is 1.33 bits per heavy atom. The molecule has 0 aliphatic heterocycles. The van der Waals surface area contributed by atoms with Crippen molar-refractivity contribution in [1.29, 1.82) is 0 Å². The Balaban J connectivity index is 2.07. The topological polar surface area (TPSA) is 38.0 Å². The summed E-state index contributed by atoms with van der Waals surface area (Å²) in [4.78, 5) is 0. The second kappa shape index (κ2) is 4.47. The quantitative estimate of drug-likeness (QED) is 0.865. The van der Waals surface area contributed by atoms with Crippen LogP contribution >= 0.6 is 11.6 Å². The maximum Gasteiger partial charge on any atom is 0.0985 e. The van der Waals surface area contributed by atoms with Gasteiger partial charge in [-0.2, -0.15) is 5.10 Å². The van der Waals surface area contributed by atoms with Crippen molar-refractivity contribution >= 4 is 11.6 Å². The van der Waals surface area contributed by atoms with Gasteiger partial charge in [0.1, 0.15) is 0 Å². The van der Waals surface area contributed by atoms with Gasteiger partial charge in [0.25, 0.3) is 0 Å². The summed E-state index contributed by atoms with van der Waals surface area (Å²) in [7, 11) is 0. The fourth-order valence-electron chi connectivity index (χ4n) is 1.40. The molecule has 0 aliphatic carbocycles. The van der Waals surface area contributed by atoms with Crippen LogP contribution in [0.5, 0.6) is 0 Å². The van der Waals surface area contributed by atoms with Crippen molar-refractivity contribution < 1.29 is 5.11 Å². The standard InChI is InChI=1S/C11H11ClN2O/c12-10-6-13-14(7-10)8-11(15)9-4-2-1-3-5-9/h1-7,11,15H,8H2. The van der Waals surface area contributed by atoms with Crippen LogP contribution in [0, 0.1) is 0 Å². The van der Waals surface area contributed by atoms with Crippen molar-refractivity contribution in [3.63, 3.8) is 0 Å². The van der Waals surface area contributed by atoms with Crippen LogP contribution in [0.4, 0.5) is 0 Å². The van der Waals surface area contributed by atoms with E-state index in [-0.39, 0.29) is 0 Å². The van der Waals surface area contributed by atoms with Gasteiger partial charge in [-0.05, 0) is 5.56 Å². The molecule has 2 aromatic rings. The van der Waals surface area contributed by atoms with Crippen molar-refractivity contribution in [2.45, 2.75) is 12.6 Å². The Morgan fingerprint density at radius 3 is 2.67 bits per heavy atom. The highest BCUT2D eigenvalue weighted by atomic mass is 35.5. The van der Waals surface area contributed by atoms with E-state index < -0.39 is 6.10 Å². The smallest absolute Gasteiger partial charge is 0.0985 e. The van der Waals surface area contributed by atoms with Gasteiger partial charge in [0.15, 0.2) is 0 Å². The van der Waals surface area contributed by atoms with E-state index in [4.69, 9.17) is 11.6 Å². The third-order valence-electron chi connectivity index (χ3n) is 2.15. The van der Waals surface area contributed by atoms with Crippen LogP contribution in [0.2, 0.25) is 5.02 Å². The lowest BCUT2D eigenvalue weighted by Crippen LogP contribution is -2.08. The average Bonchev–Trinajstić information content (AvgIpc) is 2.65. The van der Waals surface area contributed by atoms with Crippen LogP contribution < -0.4 is 0 Å². The molecule has 0 saturated heterocycles. The molecule has 1 unspecified atom stereocenters. The number of hydrogen-bond donors (Lipinski definition) is 1. The average molecular weight is 223 g/mol. The maximum atomic E-state index is 9.88. The van der Waals surface area contributed by atoms with Crippen LogP contribution in [0.1, 0.15) is 11.7 Å². The van der Waals surface area contributed by atoms with Gasteiger partial charge in [-0.1, -0.05) is 41.9 Å². The van der Waals surface area contributed by atoms with E-state index >= 15 is 0 Å². The predicted octanol–water partition coefficient (Wildman–Crippen LogP) is 2.27. The molecule has 1 atom stereocenters. The SMILES string of the molecule is OC(Cn1cc(Cl)cn1)c1ccccc1. The van der Waals surface area contributed by atoms with Crippen LogP contribution in [-0.2, 0) is 6.54 Å². The number of halogens is 1. The first kappa shape index (κ1) is 10.2. The van der Waals surface area contributed by atoms with E-state index in [1.54, 1.807) is 17.1 Å². The van der Waals surface area contributed by atoms with E-state index in [1.807, 2.05) is 30.3 Å². The van der Waals surface area contributed by atoms with Crippen molar-refractivity contribution in [3.05, 3.63) is 53.3 Å². The largest absolute Gasteiger partial charge is 0.386 e. The minimum Gasteiger partial charge on any atom is -0.386 e. The number of nitrogens with zero attached hydrogens (tertiary/aromatic N) is 2. The Hall–Kier alpha value is -1.32. The van der Waals surface area contributed by atoms with Gasteiger partial charge in [0.2, 0.25) is 0 Å². The van der Waals surface area contributed by atoms with Crippen LogP contribution in [0.3, 0.4) is 0 Å². The van der Waals surface area contributed by atoms with Gasteiger partial charge >= 0.3 is 0 Å². The normalized spacial score (nSPS) is 12.7. The van der Waals surface area contributed by atoms with E-state index in [0.29, 0.717) is 11.6 Å². The van der Waals surface area contributed by atoms with Crippen LogP contribution in [0.25, 0.3) is 0 Å². The molecule has 78 valence electrons. The number of rotatable bonds is 3. The summed E-state index contributed by atoms with van der Waals surface area (Å²) in [6.07, 6.45) is 2.69. The molecule has 4 heteroatoms. The summed E-state index contributed by atoms with van der Waals surface area (Å²) >= 11 is 5.72. The number of aliphatic hydroxyl groups is 1. The predicted molar refractivity (Wildman–Crippen MR) is 58.6 cm³/mol. The van der Waals surface area contributed by atoms with Crippen molar-refractivity contribution in [1.82, 2.24) is 9.78 Å². The number of hydrogen-bond acceptors (Lipinski definition) is 2. The highest BCUT2D eigenvalue weighted by molar-refractivity contribution is 6.30. The number of aliphatic hydroxyl groups excluding tert-OH is 1. The third kappa shape index (κ3) is 2.58. The second-order valence-corrected chi connectivity index (χ2v) is 3.74. The molecule has 1 aromatic carbocycles. The first-order chi connectivity index (χ1) is 7.25. The fraction of sp³-hybridized carbons (Fsp3) is 0.182. The summed E-state index contributed by atoms with van der Waals surface area (Å²) in [6, 6.07) is 9.48. The molecule has 0 aliphatic rings. The molecule has 0 spiro atoms. The van der Waals surface area contributed by atoms with Gasteiger partial charge in [-0.25, -0.2) is 0 Å². The lowest BCUT2D eigenvalue weighted by molar-refractivity contribution is 0.151. The van der Waals surface area contributed by atoms with E-state index in [0.717, 1.165) is 5.56 Å². The molecule has 0 amide bonds. The Kier molecular flexibility index (Phi) is 3.04. The van der Waals surface area contributed by atoms with Gasteiger partial charge in [0.05, 0.1) is 23.9 Å². The van der Waals surface area contributed by atoms with Crippen molar-refractivity contribution in [2.24, 2.45) is 0 Å². The van der Waals surface area contributed by atoms with Gasteiger partial charge in [-0.15, -0.1) is 0 Å². The lowest BCUT2D eigenvalue weighted by Gasteiger charge is -2.10. The highest BCUT2D eigenvalue weighted by Gasteiger charge is 2.08. The highest BCUT2D eigenvalue weighted by Crippen LogP contribution is 2.15. The molecule has 0 radical (unpaired) electrons.